The molecule has 0 bridgehead atoms. The first-order valence-electron chi connectivity index (χ1n) is 9.20. The molecule has 2 aromatic rings. The lowest BCUT2D eigenvalue weighted by Crippen LogP contribution is -2.37. The second-order valence-corrected chi connectivity index (χ2v) is 8.90. The number of nitrogens with one attached hydrogen (secondary N) is 2. The molecule has 2 aromatic carbocycles. The molecule has 0 radical (unpaired) electrons. The van der Waals surface area contributed by atoms with Crippen LogP contribution in [0.1, 0.15) is 29.9 Å². The first-order valence-corrected chi connectivity index (χ1v) is 10.7. The van der Waals surface area contributed by atoms with Gasteiger partial charge < -0.3 is 10.6 Å². The summed E-state index contributed by atoms with van der Waals surface area (Å²) in [4.78, 5) is 4.56. The van der Waals surface area contributed by atoms with Crippen LogP contribution in [0.4, 0.5) is 4.39 Å². The summed E-state index contributed by atoms with van der Waals surface area (Å²) in [5.74, 6) is 0.612. The Morgan fingerprint density at radius 1 is 1.19 bits per heavy atom. The molecule has 1 aliphatic carbocycles. The summed E-state index contributed by atoms with van der Waals surface area (Å²) < 4.78 is 39.2. The van der Waals surface area contributed by atoms with Gasteiger partial charge in [-0.2, -0.15) is 0 Å². The van der Waals surface area contributed by atoms with Crippen molar-refractivity contribution < 1.29 is 12.8 Å². The van der Waals surface area contributed by atoms with E-state index in [2.05, 4.69) is 15.6 Å². The first-order chi connectivity index (χ1) is 13.0. The van der Waals surface area contributed by atoms with E-state index in [1.807, 2.05) is 6.07 Å². The van der Waals surface area contributed by atoms with E-state index in [0.29, 0.717) is 5.92 Å². The summed E-state index contributed by atoms with van der Waals surface area (Å²) in [6.07, 6.45) is 2.93. The molecule has 142 valence electrons. The summed E-state index contributed by atoms with van der Waals surface area (Å²) in [6.45, 7) is 2.44. The fraction of sp³-hybridized carbons (Fsp3) is 0.350. The Morgan fingerprint density at radius 2 is 2.04 bits per heavy atom. The molecule has 27 heavy (non-hydrogen) atoms. The number of hydrogen-bond donors (Lipinski definition) is 2. The Hall–Kier alpha value is -2.41. The Morgan fingerprint density at radius 3 is 2.81 bits per heavy atom. The minimum Gasteiger partial charge on any atom is -0.356 e. The van der Waals surface area contributed by atoms with E-state index in [1.54, 1.807) is 12.1 Å². The van der Waals surface area contributed by atoms with Gasteiger partial charge >= 0.3 is 0 Å². The topological polar surface area (TPSA) is 70.6 Å². The predicted molar refractivity (Wildman–Crippen MR) is 102 cm³/mol. The predicted octanol–water partition coefficient (Wildman–Crippen LogP) is 2.63. The van der Waals surface area contributed by atoms with Crippen LogP contribution < -0.4 is 10.6 Å². The maximum absolute atomic E-state index is 13.5. The van der Waals surface area contributed by atoms with E-state index in [-0.39, 0.29) is 9.79 Å². The van der Waals surface area contributed by atoms with Gasteiger partial charge in [0, 0.05) is 19.0 Å². The van der Waals surface area contributed by atoms with Gasteiger partial charge in [0.25, 0.3) is 0 Å². The monoisotopic (exact) mass is 387 g/mol. The van der Waals surface area contributed by atoms with E-state index in [9.17, 15) is 12.8 Å². The van der Waals surface area contributed by atoms with E-state index in [1.165, 1.54) is 23.8 Å². The third kappa shape index (κ3) is 3.69. The third-order valence-electron chi connectivity index (χ3n) is 5.16. The normalized spacial score (nSPS) is 19.1. The van der Waals surface area contributed by atoms with Crippen LogP contribution in [0.2, 0.25) is 0 Å². The number of guanidine groups is 1. The number of hydrogen-bond acceptors (Lipinski definition) is 5. The molecule has 0 aromatic heterocycles. The third-order valence-corrected chi connectivity index (χ3v) is 6.91. The van der Waals surface area contributed by atoms with Gasteiger partial charge in [-0.15, -0.1) is 0 Å². The number of rotatable bonds is 4. The maximum Gasteiger partial charge on any atom is 0.206 e. The van der Waals surface area contributed by atoms with Gasteiger partial charge in [0.15, 0.2) is 5.96 Å². The van der Waals surface area contributed by atoms with Gasteiger partial charge in [0.05, 0.1) is 16.3 Å². The van der Waals surface area contributed by atoms with Crippen molar-refractivity contribution in [3.63, 3.8) is 0 Å². The second kappa shape index (κ2) is 7.31. The summed E-state index contributed by atoms with van der Waals surface area (Å²) in [7, 11) is -3.72. The SMILES string of the molecule is O=S(=O)(c1cccc(F)c1)c1ccc2c(c1)CCC[C@H]2CNC1=NCCN1. The van der Waals surface area contributed by atoms with Crippen molar-refractivity contribution >= 4 is 15.8 Å². The van der Waals surface area contributed by atoms with Gasteiger partial charge in [-0.1, -0.05) is 12.1 Å². The largest absolute Gasteiger partial charge is 0.356 e. The second-order valence-electron chi connectivity index (χ2n) is 6.95. The minimum absolute atomic E-state index is 0.0122. The lowest BCUT2D eigenvalue weighted by atomic mass is 9.83. The zero-order valence-electron chi connectivity index (χ0n) is 14.9. The van der Waals surface area contributed by atoms with Gasteiger partial charge in [-0.05, 0) is 60.7 Å². The highest BCUT2D eigenvalue weighted by molar-refractivity contribution is 7.91. The minimum atomic E-state index is -3.72. The van der Waals surface area contributed by atoms with Gasteiger partial charge in [0.2, 0.25) is 9.84 Å². The van der Waals surface area contributed by atoms with Crippen molar-refractivity contribution in [2.45, 2.75) is 35.0 Å². The molecule has 5 nitrogen and oxygen atoms in total. The molecule has 1 atom stereocenters. The van der Waals surface area contributed by atoms with Crippen molar-refractivity contribution in [1.29, 1.82) is 0 Å². The Bertz CT molecular complexity index is 988. The molecule has 0 amide bonds. The molecule has 0 saturated heterocycles. The van der Waals surface area contributed by atoms with Crippen LogP contribution in [-0.4, -0.2) is 34.0 Å². The van der Waals surface area contributed by atoms with Gasteiger partial charge in [0.1, 0.15) is 5.82 Å². The Balaban J connectivity index is 1.59. The molecule has 1 heterocycles. The molecule has 0 saturated carbocycles. The van der Waals surface area contributed by atoms with Crippen molar-refractivity contribution in [3.05, 3.63) is 59.4 Å². The molecular formula is C20H22FN3O2S. The average molecular weight is 387 g/mol. The van der Waals surface area contributed by atoms with Crippen LogP contribution in [0.25, 0.3) is 0 Å². The van der Waals surface area contributed by atoms with Gasteiger partial charge in [-0.3, -0.25) is 4.99 Å². The Labute approximate surface area is 158 Å². The Kier molecular flexibility index (Phi) is 4.86. The number of benzene rings is 2. The fourth-order valence-electron chi connectivity index (χ4n) is 3.78. The van der Waals surface area contributed by atoms with Crippen molar-refractivity contribution in [2.75, 3.05) is 19.6 Å². The molecule has 7 heteroatoms. The number of nitrogens with zero attached hydrogens (tertiary/aromatic N) is 1. The van der Waals surface area contributed by atoms with E-state index >= 15 is 0 Å². The van der Waals surface area contributed by atoms with Crippen molar-refractivity contribution in [2.24, 2.45) is 4.99 Å². The molecule has 0 spiro atoms. The highest BCUT2D eigenvalue weighted by Gasteiger charge is 2.24. The van der Waals surface area contributed by atoms with Crippen LogP contribution in [0.5, 0.6) is 0 Å². The highest BCUT2D eigenvalue weighted by atomic mass is 32.2. The summed E-state index contributed by atoms with van der Waals surface area (Å²) in [5.41, 5.74) is 2.25. The lowest BCUT2D eigenvalue weighted by molar-refractivity contribution is 0.539. The summed E-state index contributed by atoms with van der Waals surface area (Å²) in [5, 5.41) is 6.55. The van der Waals surface area contributed by atoms with Crippen LogP contribution in [0, 0.1) is 5.82 Å². The first kappa shape index (κ1) is 18.0. The molecule has 0 unspecified atom stereocenters. The lowest BCUT2D eigenvalue weighted by Gasteiger charge is -2.26. The molecular weight excluding hydrogens is 365 g/mol. The van der Waals surface area contributed by atoms with Gasteiger partial charge in [-0.25, -0.2) is 12.8 Å². The standard InChI is InChI=1S/C20H22FN3O2S/c21-16-5-2-6-17(12-16)27(25,26)18-7-8-19-14(11-18)3-1-4-15(19)13-24-20-22-9-10-23-20/h2,5-8,11-12,15H,1,3-4,9-10,13H2,(H2,22,23,24)/t15-/m0/s1. The van der Waals surface area contributed by atoms with Crippen LogP contribution in [-0.2, 0) is 16.3 Å². The van der Waals surface area contributed by atoms with E-state index in [0.717, 1.165) is 56.5 Å². The number of sulfone groups is 1. The smallest absolute Gasteiger partial charge is 0.206 e. The summed E-state index contributed by atoms with van der Waals surface area (Å²) in [6, 6.07) is 10.5. The zero-order valence-corrected chi connectivity index (χ0v) is 15.7. The number of aliphatic imine (C=N–C) groups is 1. The van der Waals surface area contributed by atoms with Crippen LogP contribution in [0.3, 0.4) is 0 Å². The molecule has 2 aliphatic rings. The molecule has 4 rings (SSSR count). The van der Waals surface area contributed by atoms with Crippen LogP contribution >= 0.6 is 0 Å². The van der Waals surface area contributed by atoms with E-state index < -0.39 is 15.7 Å². The molecule has 2 N–H and O–H groups in total. The number of halogens is 1. The zero-order chi connectivity index (χ0) is 18.9. The summed E-state index contributed by atoms with van der Waals surface area (Å²) >= 11 is 0. The molecule has 0 fully saturated rings. The number of fused-ring (bicyclic) bond motifs is 1. The number of aryl methyl sites for hydroxylation is 1. The highest BCUT2D eigenvalue weighted by Crippen LogP contribution is 2.34. The average Bonchev–Trinajstić information content (AvgIpc) is 3.19. The van der Waals surface area contributed by atoms with Crippen LogP contribution in [0.15, 0.2) is 57.2 Å². The van der Waals surface area contributed by atoms with Crippen molar-refractivity contribution in [1.82, 2.24) is 10.6 Å². The fourth-order valence-corrected chi connectivity index (χ4v) is 5.12. The van der Waals surface area contributed by atoms with E-state index in [4.69, 9.17) is 0 Å². The van der Waals surface area contributed by atoms with Crippen molar-refractivity contribution in [3.8, 4) is 0 Å². The molecule has 1 aliphatic heterocycles. The quantitative estimate of drug-likeness (QED) is 0.846. The maximum atomic E-state index is 13.5.